The lowest BCUT2D eigenvalue weighted by atomic mass is 10.2. The molecule has 0 spiro atoms. The van der Waals surface area contributed by atoms with Gasteiger partial charge in [0.1, 0.15) is 5.69 Å². The molecule has 2 aromatic heterocycles. The SMILES string of the molecule is CCN(CC)Cc1ccnc(Oc2ccc(Cl)c3cc(C(=O)N=C(N)NC)[nH]c23)c1. The highest BCUT2D eigenvalue weighted by Crippen LogP contribution is 2.34. The molecule has 1 aromatic carbocycles. The molecule has 30 heavy (non-hydrogen) atoms. The van der Waals surface area contributed by atoms with Crippen molar-refractivity contribution in [2.75, 3.05) is 20.1 Å². The van der Waals surface area contributed by atoms with Crippen LogP contribution in [0.5, 0.6) is 11.6 Å². The van der Waals surface area contributed by atoms with Crippen molar-refractivity contribution in [3.63, 3.8) is 0 Å². The van der Waals surface area contributed by atoms with Crippen LogP contribution in [-0.2, 0) is 6.54 Å². The van der Waals surface area contributed by atoms with Crippen molar-refractivity contribution >= 4 is 34.4 Å². The van der Waals surface area contributed by atoms with Gasteiger partial charge in [-0.25, -0.2) is 4.98 Å². The van der Waals surface area contributed by atoms with Crippen LogP contribution < -0.4 is 15.8 Å². The highest BCUT2D eigenvalue weighted by molar-refractivity contribution is 6.35. The van der Waals surface area contributed by atoms with Crippen LogP contribution in [0.25, 0.3) is 10.9 Å². The lowest BCUT2D eigenvalue weighted by molar-refractivity contribution is 0.0998. The van der Waals surface area contributed by atoms with Crippen molar-refractivity contribution in [2.24, 2.45) is 10.7 Å². The molecule has 9 heteroatoms. The quantitative estimate of drug-likeness (QED) is 0.392. The Morgan fingerprint density at radius 3 is 2.77 bits per heavy atom. The van der Waals surface area contributed by atoms with Crippen LogP contribution in [0, 0.1) is 0 Å². The van der Waals surface area contributed by atoms with Crippen LogP contribution in [-0.4, -0.2) is 46.9 Å². The summed E-state index contributed by atoms with van der Waals surface area (Å²) in [6.45, 7) is 7.00. The van der Waals surface area contributed by atoms with E-state index < -0.39 is 5.91 Å². The van der Waals surface area contributed by atoms with Crippen LogP contribution >= 0.6 is 11.6 Å². The number of hydrogen-bond acceptors (Lipinski definition) is 4. The van der Waals surface area contributed by atoms with Gasteiger partial charge in [-0.1, -0.05) is 25.4 Å². The Hall–Kier alpha value is -3.10. The van der Waals surface area contributed by atoms with Crippen molar-refractivity contribution in [3.8, 4) is 11.6 Å². The fourth-order valence-corrected chi connectivity index (χ4v) is 3.22. The van der Waals surface area contributed by atoms with Gasteiger partial charge in [0.05, 0.1) is 10.5 Å². The zero-order chi connectivity index (χ0) is 21.7. The first-order chi connectivity index (χ1) is 14.4. The molecule has 158 valence electrons. The number of carbonyl (C=O) groups excluding carboxylic acids is 1. The van der Waals surface area contributed by atoms with E-state index in [9.17, 15) is 4.79 Å². The van der Waals surface area contributed by atoms with Gasteiger partial charge in [0.2, 0.25) is 5.88 Å². The summed E-state index contributed by atoms with van der Waals surface area (Å²) in [5.74, 6) is 0.476. The molecule has 4 N–H and O–H groups in total. The molecule has 0 atom stereocenters. The summed E-state index contributed by atoms with van der Waals surface area (Å²) >= 11 is 6.32. The summed E-state index contributed by atoms with van der Waals surface area (Å²) in [7, 11) is 1.58. The fourth-order valence-electron chi connectivity index (χ4n) is 3.01. The minimum Gasteiger partial charge on any atom is -0.437 e. The maximum absolute atomic E-state index is 12.3. The van der Waals surface area contributed by atoms with Crippen molar-refractivity contribution in [1.82, 2.24) is 20.2 Å². The third-order valence-corrected chi connectivity index (χ3v) is 5.05. The van der Waals surface area contributed by atoms with Crippen molar-refractivity contribution in [1.29, 1.82) is 0 Å². The fraction of sp³-hybridized carbons (Fsp3) is 0.286. The van der Waals surface area contributed by atoms with E-state index in [1.54, 1.807) is 31.4 Å². The molecule has 0 saturated heterocycles. The maximum Gasteiger partial charge on any atom is 0.296 e. The Balaban J connectivity index is 1.92. The summed E-state index contributed by atoms with van der Waals surface area (Å²) in [5, 5.41) is 3.75. The van der Waals surface area contributed by atoms with Crippen molar-refractivity contribution in [3.05, 3.63) is 52.8 Å². The minimum atomic E-state index is -0.514. The van der Waals surface area contributed by atoms with Gasteiger partial charge >= 0.3 is 0 Å². The zero-order valence-electron chi connectivity index (χ0n) is 17.2. The number of nitrogens with two attached hydrogens (primary N) is 1. The van der Waals surface area contributed by atoms with Crippen molar-refractivity contribution in [2.45, 2.75) is 20.4 Å². The standard InChI is InChI=1S/C21H25ClN6O2/c1-4-28(5-2)12-13-8-9-25-18(10-13)30-17-7-6-15(22)14-11-16(26-19(14)17)20(29)27-21(23)24-3/h6-11,26H,4-5,12H2,1-3H3,(H3,23,24,27,29). The average Bonchev–Trinajstić information content (AvgIpc) is 3.21. The Morgan fingerprint density at radius 1 is 1.30 bits per heavy atom. The molecule has 0 unspecified atom stereocenters. The largest absolute Gasteiger partial charge is 0.437 e. The zero-order valence-corrected chi connectivity index (χ0v) is 18.0. The van der Waals surface area contributed by atoms with Gasteiger partial charge in [-0.2, -0.15) is 4.99 Å². The van der Waals surface area contributed by atoms with E-state index in [0.717, 1.165) is 25.2 Å². The lowest BCUT2D eigenvalue weighted by Gasteiger charge is -2.18. The number of rotatable bonds is 7. The number of nitrogens with one attached hydrogen (secondary N) is 2. The first-order valence-corrected chi connectivity index (χ1v) is 10.1. The third-order valence-electron chi connectivity index (χ3n) is 4.73. The second-order valence-electron chi connectivity index (χ2n) is 6.64. The van der Waals surface area contributed by atoms with Crippen LogP contribution in [0.1, 0.15) is 29.9 Å². The Morgan fingerprint density at radius 2 is 2.07 bits per heavy atom. The summed E-state index contributed by atoms with van der Waals surface area (Å²) in [5.41, 5.74) is 7.52. The van der Waals surface area contributed by atoms with Gasteiger partial charge < -0.3 is 20.8 Å². The Bertz CT molecular complexity index is 1070. The molecule has 3 rings (SSSR count). The lowest BCUT2D eigenvalue weighted by Crippen LogP contribution is -2.28. The topological polar surface area (TPSA) is 109 Å². The molecule has 0 fully saturated rings. The van der Waals surface area contributed by atoms with E-state index in [0.29, 0.717) is 27.6 Å². The average molecular weight is 429 g/mol. The number of amides is 1. The molecule has 2 heterocycles. The number of ether oxygens (including phenoxy) is 1. The second kappa shape index (κ2) is 9.60. The van der Waals surface area contributed by atoms with E-state index >= 15 is 0 Å². The maximum atomic E-state index is 12.3. The van der Waals surface area contributed by atoms with Gasteiger partial charge in [0, 0.05) is 31.2 Å². The van der Waals surface area contributed by atoms with Gasteiger partial charge in [0.15, 0.2) is 11.7 Å². The summed E-state index contributed by atoms with van der Waals surface area (Å²) in [6.07, 6.45) is 1.72. The predicted octanol–water partition coefficient (Wildman–Crippen LogP) is 3.52. The first-order valence-electron chi connectivity index (χ1n) is 9.67. The molecular weight excluding hydrogens is 404 g/mol. The van der Waals surface area contributed by atoms with Crippen LogP contribution in [0.4, 0.5) is 0 Å². The number of pyridine rings is 1. The molecule has 1 amide bonds. The number of aromatic nitrogens is 2. The van der Waals surface area contributed by atoms with E-state index in [4.69, 9.17) is 22.1 Å². The molecule has 0 aliphatic heterocycles. The molecule has 0 radical (unpaired) electrons. The monoisotopic (exact) mass is 428 g/mol. The molecule has 0 saturated carbocycles. The number of nitrogens with zero attached hydrogens (tertiary/aromatic N) is 3. The normalized spacial score (nSPS) is 11.8. The number of aliphatic imine (C=N–C) groups is 1. The van der Waals surface area contributed by atoms with E-state index in [1.165, 1.54) is 0 Å². The second-order valence-corrected chi connectivity index (χ2v) is 7.04. The van der Waals surface area contributed by atoms with Crippen molar-refractivity contribution < 1.29 is 9.53 Å². The van der Waals surface area contributed by atoms with Gasteiger partial charge in [0.25, 0.3) is 5.91 Å². The van der Waals surface area contributed by atoms with Crippen LogP contribution in [0.15, 0.2) is 41.5 Å². The van der Waals surface area contributed by atoms with Crippen LogP contribution in [0.3, 0.4) is 0 Å². The number of guanidine groups is 1. The third kappa shape index (κ3) is 4.90. The number of H-pyrrole nitrogens is 1. The highest BCUT2D eigenvalue weighted by atomic mass is 35.5. The van der Waals surface area contributed by atoms with Gasteiger partial charge in [-0.05, 0) is 42.9 Å². The summed E-state index contributed by atoms with van der Waals surface area (Å²) in [6, 6.07) is 8.96. The number of halogens is 1. The highest BCUT2D eigenvalue weighted by Gasteiger charge is 2.16. The number of benzene rings is 1. The molecule has 8 nitrogen and oxygen atoms in total. The predicted molar refractivity (Wildman–Crippen MR) is 119 cm³/mol. The molecular formula is C21H25ClN6O2. The number of carbonyl (C=O) groups is 1. The Labute approximate surface area is 180 Å². The molecule has 0 bridgehead atoms. The minimum absolute atomic E-state index is 0.0236. The van der Waals surface area contributed by atoms with E-state index in [2.05, 4.69) is 39.0 Å². The Kier molecular flexibility index (Phi) is 6.91. The van der Waals surface area contributed by atoms with E-state index in [-0.39, 0.29) is 11.7 Å². The van der Waals surface area contributed by atoms with Gasteiger partial charge in [-0.3, -0.25) is 9.69 Å². The smallest absolute Gasteiger partial charge is 0.296 e. The summed E-state index contributed by atoms with van der Waals surface area (Å²) < 4.78 is 6.03. The molecule has 3 aromatic rings. The number of fused-ring (bicyclic) bond motifs is 1. The van der Waals surface area contributed by atoms with E-state index in [1.807, 2.05) is 12.1 Å². The molecule has 0 aliphatic rings. The molecule has 0 aliphatic carbocycles. The van der Waals surface area contributed by atoms with Crippen LogP contribution in [0.2, 0.25) is 5.02 Å². The number of aromatic amines is 1. The van der Waals surface area contributed by atoms with Gasteiger partial charge in [-0.15, -0.1) is 0 Å². The number of hydrogen-bond donors (Lipinski definition) is 3. The first kappa shape index (κ1) is 21.6. The summed E-state index contributed by atoms with van der Waals surface area (Å²) in [4.78, 5) is 25.8.